The van der Waals surface area contributed by atoms with Gasteiger partial charge in [0.05, 0.1) is 5.69 Å². The Balaban J connectivity index is 1.46. The number of anilines is 1. The van der Waals surface area contributed by atoms with Crippen LogP contribution in [0.2, 0.25) is 0 Å². The van der Waals surface area contributed by atoms with Gasteiger partial charge in [-0.1, -0.05) is 30.3 Å². The zero-order chi connectivity index (χ0) is 21.3. The van der Waals surface area contributed by atoms with Crippen LogP contribution in [0.5, 0.6) is 0 Å². The van der Waals surface area contributed by atoms with Gasteiger partial charge in [0.25, 0.3) is 5.91 Å². The Kier molecular flexibility index (Phi) is 5.74. The van der Waals surface area contributed by atoms with Gasteiger partial charge < -0.3 is 4.57 Å². The van der Waals surface area contributed by atoms with Crippen LogP contribution in [0.25, 0.3) is 0 Å². The van der Waals surface area contributed by atoms with Crippen molar-refractivity contribution in [1.29, 1.82) is 0 Å². The smallest absolute Gasteiger partial charge is 0.274 e. The average Bonchev–Trinajstić information content (AvgIpc) is 3.31. The number of sulfonamides is 1. The second-order valence-corrected chi connectivity index (χ2v) is 10.1. The zero-order valence-electron chi connectivity index (χ0n) is 16.8. The monoisotopic (exact) mass is 445 g/mol. The molecule has 158 valence electrons. The number of hydrogen-bond donors (Lipinski definition) is 2. The topological polar surface area (TPSA) is 96.3 Å². The van der Waals surface area contributed by atoms with E-state index >= 15 is 0 Å². The highest BCUT2D eigenvalue weighted by atomic mass is 32.2. The van der Waals surface area contributed by atoms with Crippen LogP contribution in [0.3, 0.4) is 0 Å². The highest BCUT2D eigenvalue weighted by Crippen LogP contribution is 2.29. The molecule has 3 aromatic rings. The number of benzene rings is 1. The molecule has 0 atom stereocenters. The van der Waals surface area contributed by atoms with Crippen molar-refractivity contribution in [2.45, 2.75) is 24.4 Å². The summed E-state index contributed by atoms with van der Waals surface area (Å²) in [6.07, 6.45) is 2.25. The third-order valence-corrected chi connectivity index (χ3v) is 7.45. The standard InChI is InChI=1S/C20H23N5O3S2/c1-21-30(27,28)15-10-17(24(2)12-15)19(26)23-20-22-16-8-9-25(13-18(16)29-20)11-14-6-4-3-5-7-14/h3-7,10,12,21H,8-9,11,13H2,1-2H3,(H,22,23,26). The summed E-state index contributed by atoms with van der Waals surface area (Å²) in [5.74, 6) is -0.387. The van der Waals surface area contributed by atoms with E-state index in [9.17, 15) is 13.2 Å². The Bertz CT molecular complexity index is 1170. The second kappa shape index (κ2) is 8.31. The van der Waals surface area contributed by atoms with E-state index in [0.29, 0.717) is 5.13 Å². The molecule has 0 spiro atoms. The predicted molar refractivity (Wildman–Crippen MR) is 116 cm³/mol. The first-order valence-corrected chi connectivity index (χ1v) is 11.8. The number of fused-ring (bicyclic) bond motifs is 1. The van der Waals surface area contributed by atoms with Crippen molar-refractivity contribution in [2.75, 3.05) is 18.9 Å². The molecular formula is C20H23N5O3S2. The van der Waals surface area contributed by atoms with Gasteiger partial charge in [-0.15, -0.1) is 11.3 Å². The maximum Gasteiger partial charge on any atom is 0.274 e. The summed E-state index contributed by atoms with van der Waals surface area (Å²) < 4.78 is 27.7. The lowest BCUT2D eigenvalue weighted by Gasteiger charge is -2.25. The van der Waals surface area contributed by atoms with E-state index in [1.165, 1.54) is 40.8 Å². The molecule has 0 bridgehead atoms. The van der Waals surface area contributed by atoms with Crippen molar-refractivity contribution in [2.24, 2.45) is 7.05 Å². The Morgan fingerprint density at radius 1 is 1.27 bits per heavy atom. The number of amides is 1. The summed E-state index contributed by atoms with van der Waals surface area (Å²) in [5.41, 5.74) is 2.54. The van der Waals surface area contributed by atoms with Crippen LogP contribution in [0.4, 0.5) is 5.13 Å². The lowest BCUT2D eigenvalue weighted by molar-refractivity contribution is 0.101. The summed E-state index contributed by atoms with van der Waals surface area (Å²) in [4.78, 5) is 20.8. The van der Waals surface area contributed by atoms with E-state index in [4.69, 9.17) is 0 Å². The molecule has 2 aromatic heterocycles. The van der Waals surface area contributed by atoms with Gasteiger partial charge in [0.1, 0.15) is 10.6 Å². The first-order valence-electron chi connectivity index (χ1n) is 9.52. The molecule has 30 heavy (non-hydrogen) atoms. The van der Waals surface area contributed by atoms with Crippen molar-refractivity contribution < 1.29 is 13.2 Å². The van der Waals surface area contributed by atoms with Crippen LogP contribution in [0.1, 0.15) is 26.6 Å². The second-order valence-electron chi connectivity index (χ2n) is 7.17. The number of hydrogen-bond acceptors (Lipinski definition) is 6. The fourth-order valence-electron chi connectivity index (χ4n) is 3.46. The number of nitrogens with zero attached hydrogens (tertiary/aromatic N) is 3. The molecule has 0 fully saturated rings. The van der Waals surface area contributed by atoms with Gasteiger partial charge in [0.2, 0.25) is 10.0 Å². The summed E-state index contributed by atoms with van der Waals surface area (Å²) in [7, 11) is -0.636. The minimum Gasteiger partial charge on any atom is -0.345 e. The molecule has 2 N–H and O–H groups in total. The SMILES string of the molecule is CNS(=O)(=O)c1cc(C(=O)Nc2nc3c(s2)CN(Cc2ccccc2)CC3)n(C)c1. The third-order valence-electron chi connectivity index (χ3n) is 5.07. The van der Waals surface area contributed by atoms with Gasteiger partial charge in [-0.25, -0.2) is 18.1 Å². The third kappa shape index (κ3) is 4.31. The largest absolute Gasteiger partial charge is 0.345 e. The first-order chi connectivity index (χ1) is 14.4. The van der Waals surface area contributed by atoms with Crippen LogP contribution in [-0.4, -0.2) is 42.4 Å². The molecule has 1 amide bonds. The van der Waals surface area contributed by atoms with Gasteiger partial charge in [0, 0.05) is 44.2 Å². The molecule has 3 heterocycles. The van der Waals surface area contributed by atoms with Crippen LogP contribution >= 0.6 is 11.3 Å². The normalized spacial score (nSPS) is 14.5. The van der Waals surface area contributed by atoms with E-state index in [2.05, 4.69) is 32.1 Å². The molecule has 0 aliphatic carbocycles. The van der Waals surface area contributed by atoms with E-state index in [0.717, 1.165) is 36.6 Å². The van der Waals surface area contributed by atoms with E-state index in [-0.39, 0.29) is 16.5 Å². The van der Waals surface area contributed by atoms with E-state index in [1.807, 2.05) is 18.2 Å². The first kappa shape index (κ1) is 20.7. The molecule has 0 radical (unpaired) electrons. The van der Waals surface area contributed by atoms with Crippen LogP contribution in [0.15, 0.2) is 47.5 Å². The number of carbonyl (C=O) groups excluding carboxylic acids is 1. The van der Waals surface area contributed by atoms with Crippen molar-refractivity contribution >= 4 is 32.4 Å². The van der Waals surface area contributed by atoms with E-state index in [1.54, 1.807) is 7.05 Å². The summed E-state index contributed by atoms with van der Waals surface area (Å²) >= 11 is 1.47. The molecule has 1 aliphatic heterocycles. The lowest BCUT2D eigenvalue weighted by Crippen LogP contribution is -2.29. The minimum atomic E-state index is -3.61. The molecule has 4 rings (SSSR count). The van der Waals surface area contributed by atoms with Crippen molar-refractivity contribution in [3.05, 3.63) is 64.4 Å². The highest BCUT2D eigenvalue weighted by Gasteiger charge is 2.23. The maximum atomic E-state index is 12.7. The van der Waals surface area contributed by atoms with E-state index < -0.39 is 10.0 Å². The Hall–Kier alpha value is -2.53. The van der Waals surface area contributed by atoms with Gasteiger partial charge in [0.15, 0.2) is 5.13 Å². The molecule has 1 aromatic carbocycles. The van der Waals surface area contributed by atoms with Crippen LogP contribution in [-0.2, 0) is 36.6 Å². The number of nitrogens with one attached hydrogen (secondary N) is 2. The van der Waals surface area contributed by atoms with Crippen LogP contribution in [0, 0.1) is 0 Å². The van der Waals surface area contributed by atoms with Crippen molar-refractivity contribution in [1.82, 2.24) is 19.2 Å². The molecule has 0 saturated heterocycles. The Morgan fingerprint density at radius 3 is 2.77 bits per heavy atom. The van der Waals surface area contributed by atoms with Crippen molar-refractivity contribution in [3.63, 3.8) is 0 Å². The fraction of sp³-hybridized carbons (Fsp3) is 0.300. The number of thiazole rings is 1. The summed E-state index contributed by atoms with van der Waals surface area (Å²) in [6.45, 7) is 2.60. The number of aromatic nitrogens is 2. The molecule has 10 heteroatoms. The van der Waals surface area contributed by atoms with Gasteiger partial charge in [-0.2, -0.15) is 0 Å². The summed E-state index contributed by atoms with van der Waals surface area (Å²) in [5, 5.41) is 3.35. The molecule has 0 unspecified atom stereocenters. The lowest BCUT2D eigenvalue weighted by atomic mass is 10.1. The maximum absolute atomic E-state index is 12.7. The van der Waals surface area contributed by atoms with Crippen molar-refractivity contribution in [3.8, 4) is 0 Å². The van der Waals surface area contributed by atoms with Gasteiger partial charge >= 0.3 is 0 Å². The zero-order valence-corrected chi connectivity index (χ0v) is 18.4. The molecule has 1 aliphatic rings. The number of rotatable bonds is 6. The fourth-order valence-corrected chi connectivity index (χ4v) is 5.31. The summed E-state index contributed by atoms with van der Waals surface area (Å²) in [6, 6.07) is 11.7. The Morgan fingerprint density at radius 2 is 2.03 bits per heavy atom. The predicted octanol–water partition coefficient (Wildman–Crippen LogP) is 2.20. The quantitative estimate of drug-likeness (QED) is 0.606. The number of carbonyl (C=O) groups is 1. The highest BCUT2D eigenvalue weighted by molar-refractivity contribution is 7.89. The van der Waals surface area contributed by atoms with Crippen LogP contribution < -0.4 is 10.0 Å². The molecule has 0 saturated carbocycles. The van der Waals surface area contributed by atoms with Gasteiger partial charge in [-0.3, -0.25) is 15.0 Å². The minimum absolute atomic E-state index is 0.0487. The number of aryl methyl sites for hydroxylation is 1. The molecule has 8 nitrogen and oxygen atoms in total. The Labute approximate surface area is 179 Å². The molecular weight excluding hydrogens is 422 g/mol. The average molecular weight is 446 g/mol. The van der Waals surface area contributed by atoms with Gasteiger partial charge in [-0.05, 0) is 18.7 Å².